The Bertz CT molecular complexity index is 1110. The second-order valence-corrected chi connectivity index (χ2v) is 10.8. The van der Waals surface area contributed by atoms with Crippen LogP contribution in [0, 0.1) is 11.8 Å². The van der Waals surface area contributed by atoms with Gasteiger partial charge in [-0.25, -0.2) is 0 Å². The van der Waals surface area contributed by atoms with Crippen molar-refractivity contribution in [2.75, 3.05) is 31.6 Å². The van der Waals surface area contributed by atoms with Crippen molar-refractivity contribution in [2.24, 2.45) is 11.8 Å². The molecule has 6 atom stereocenters. The predicted molar refractivity (Wildman–Crippen MR) is 142 cm³/mol. The number of hydrogen-bond acceptors (Lipinski definition) is 5. The molecule has 1 aromatic rings. The maximum Gasteiger partial charge on any atom is 0.253 e. The van der Waals surface area contributed by atoms with E-state index in [0.29, 0.717) is 36.5 Å². The van der Waals surface area contributed by atoms with E-state index >= 15 is 0 Å². The van der Waals surface area contributed by atoms with Crippen LogP contribution in [0.1, 0.15) is 33.1 Å². The van der Waals surface area contributed by atoms with Crippen molar-refractivity contribution < 1.29 is 24.2 Å². The van der Waals surface area contributed by atoms with Gasteiger partial charge in [0.2, 0.25) is 11.8 Å². The van der Waals surface area contributed by atoms with Crippen LogP contribution < -0.4 is 4.90 Å². The number of carbonyl (C=O) groups excluding carboxylic acids is 3. The number of carbonyl (C=O) groups is 3. The molecule has 4 rings (SSSR count). The fraction of sp³-hybridized carbons (Fsp3) is 0.536. The summed E-state index contributed by atoms with van der Waals surface area (Å²) in [7, 11) is 1.68. The van der Waals surface area contributed by atoms with E-state index in [1.807, 2.05) is 13.8 Å². The Morgan fingerprint density at radius 3 is 2.51 bits per heavy atom. The number of para-hydroxylation sites is 1. The van der Waals surface area contributed by atoms with Gasteiger partial charge in [-0.05, 0) is 38.3 Å². The topological polar surface area (TPSA) is 90.4 Å². The number of ether oxygens (including phenoxy) is 1. The molecule has 3 aliphatic heterocycles. The van der Waals surface area contributed by atoms with E-state index in [9.17, 15) is 19.5 Å². The number of benzene rings is 1. The van der Waals surface area contributed by atoms with E-state index in [2.05, 4.69) is 13.2 Å². The number of fused-ring (bicyclic) bond motifs is 1. The smallest absolute Gasteiger partial charge is 0.253 e. The Labute approximate surface area is 223 Å². The minimum Gasteiger partial charge on any atom is -0.394 e. The quantitative estimate of drug-likeness (QED) is 0.470. The molecule has 0 aliphatic carbocycles. The van der Waals surface area contributed by atoms with Crippen molar-refractivity contribution in [3.8, 4) is 0 Å². The van der Waals surface area contributed by atoms with Crippen LogP contribution in [0.4, 0.5) is 5.69 Å². The van der Waals surface area contributed by atoms with Crippen molar-refractivity contribution in [1.82, 2.24) is 9.80 Å². The molecule has 1 N–H and O–H groups in total. The van der Waals surface area contributed by atoms with E-state index in [-0.39, 0.29) is 30.9 Å². The average molecular weight is 530 g/mol. The third kappa shape index (κ3) is 4.10. The molecule has 1 aromatic carbocycles. The van der Waals surface area contributed by atoms with E-state index in [4.69, 9.17) is 16.3 Å². The summed E-state index contributed by atoms with van der Waals surface area (Å²) >= 11 is 6.49. The summed E-state index contributed by atoms with van der Waals surface area (Å²) in [6.45, 7) is 11.4. The largest absolute Gasteiger partial charge is 0.394 e. The summed E-state index contributed by atoms with van der Waals surface area (Å²) < 4.78 is 6.68. The Hall–Kier alpha value is -2.68. The van der Waals surface area contributed by atoms with Crippen LogP contribution in [0.5, 0.6) is 0 Å². The molecule has 2 bridgehead atoms. The van der Waals surface area contributed by atoms with Gasteiger partial charge in [0.25, 0.3) is 5.91 Å². The number of halogens is 1. The van der Waals surface area contributed by atoms with E-state index in [0.717, 1.165) is 0 Å². The van der Waals surface area contributed by atoms with Crippen LogP contribution in [0.2, 0.25) is 5.02 Å². The first-order valence-corrected chi connectivity index (χ1v) is 13.2. The van der Waals surface area contributed by atoms with Crippen LogP contribution in [-0.4, -0.2) is 82.7 Å². The first kappa shape index (κ1) is 27.4. The van der Waals surface area contributed by atoms with Crippen molar-refractivity contribution >= 4 is 35.0 Å². The van der Waals surface area contributed by atoms with Gasteiger partial charge < -0.3 is 24.5 Å². The molecule has 3 amide bonds. The summed E-state index contributed by atoms with van der Waals surface area (Å²) in [5.41, 5.74) is -1.58. The SMILES string of the molecule is C=CCN(C)C(=O)[C@@H]1[C@H]2C(=O)N([C@@H](CC)CO)C(C(=O)N(CC=C)c3ccccc3Cl)C23CC[C@@]1(C)O3. The van der Waals surface area contributed by atoms with Crippen molar-refractivity contribution in [3.63, 3.8) is 0 Å². The van der Waals surface area contributed by atoms with Gasteiger partial charge in [-0.15, -0.1) is 13.2 Å². The molecule has 1 spiro atoms. The third-order valence-electron chi connectivity index (χ3n) is 8.29. The van der Waals surface area contributed by atoms with Crippen molar-refractivity contribution in [2.45, 2.75) is 56.4 Å². The van der Waals surface area contributed by atoms with Gasteiger partial charge in [-0.1, -0.05) is 42.8 Å². The van der Waals surface area contributed by atoms with Crippen molar-refractivity contribution in [1.29, 1.82) is 0 Å². The fourth-order valence-electron chi connectivity index (χ4n) is 6.60. The Kier molecular flexibility index (Phi) is 7.57. The standard InChI is InChI=1S/C28H36ClN3O5/c1-6-15-30(5)24(34)21-22-25(35)32(18(8-3)17-33)23(28(22)14-13-27(21,4)37-28)26(36)31(16-7-2)20-12-10-9-11-19(20)29/h6-7,9-12,18,21-23,33H,1-2,8,13-17H2,3-5H3/t18-,21-,22-,23?,27+,28?/m0/s1. The summed E-state index contributed by atoms with van der Waals surface area (Å²) in [4.78, 5) is 46.9. The number of anilines is 1. The van der Waals surface area contributed by atoms with E-state index in [1.165, 1.54) is 9.80 Å². The molecule has 37 heavy (non-hydrogen) atoms. The minimum absolute atomic E-state index is 0.166. The van der Waals surface area contributed by atoms with Gasteiger partial charge in [0.1, 0.15) is 11.6 Å². The van der Waals surface area contributed by atoms with Crippen LogP contribution >= 0.6 is 11.6 Å². The van der Waals surface area contributed by atoms with Crippen LogP contribution in [0.3, 0.4) is 0 Å². The summed E-state index contributed by atoms with van der Waals surface area (Å²) in [6.07, 6.45) is 4.67. The highest BCUT2D eigenvalue weighted by Gasteiger charge is 2.78. The first-order valence-electron chi connectivity index (χ1n) is 12.8. The molecule has 3 saturated heterocycles. The molecule has 3 heterocycles. The maximum atomic E-state index is 14.5. The monoisotopic (exact) mass is 529 g/mol. The van der Waals surface area contributed by atoms with Gasteiger partial charge in [-0.3, -0.25) is 14.4 Å². The highest BCUT2D eigenvalue weighted by molar-refractivity contribution is 6.34. The summed E-state index contributed by atoms with van der Waals surface area (Å²) in [5.74, 6) is -2.49. The molecule has 9 heteroatoms. The van der Waals surface area contributed by atoms with E-state index < -0.39 is 35.1 Å². The molecule has 200 valence electrons. The zero-order valence-corrected chi connectivity index (χ0v) is 22.5. The fourth-order valence-corrected chi connectivity index (χ4v) is 6.84. The average Bonchev–Trinajstić information content (AvgIpc) is 3.44. The Morgan fingerprint density at radius 2 is 1.92 bits per heavy atom. The lowest BCUT2D eigenvalue weighted by Crippen LogP contribution is -2.59. The molecular weight excluding hydrogens is 494 g/mol. The van der Waals surface area contributed by atoms with Crippen LogP contribution in [0.25, 0.3) is 0 Å². The normalized spacial score (nSPS) is 30.7. The molecule has 2 unspecified atom stereocenters. The number of likely N-dealkylation sites (tertiary alicyclic amines) is 1. The number of amides is 3. The van der Waals surface area contributed by atoms with Gasteiger partial charge >= 0.3 is 0 Å². The van der Waals surface area contributed by atoms with Gasteiger partial charge in [0.05, 0.1) is 40.8 Å². The molecule has 8 nitrogen and oxygen atoms in total. The lowest BCUT2D eigenvalue weighted by Gasteiger charge is -2.39. The highest BCUT2D eigenvalue weighted by Crippen LogP contribution is 2.64. The molecule has 0 saturated carbocycles. The van der Waals surface area contributed by atoms with Crippen LogP contribution in [-0.2, 0) is 19.1 Å². The third-order valence-corrected chi connectivity index (χ3v) is 8.61. The second-order valence-electron chi connectivity index (χ2n) is 10.4. The Morgan fingerprint density at radius 1 is 1.24 bits per heavy atom. The van der Waals surface area contributed by atoms with Gasteiger partial charge in [-0.2, -0.15) is 0 Å². The maximum absolute atomic E-state index is 14.5. The van der Waals surface area contributed by atoms with Crippen molar-refractivity contribution in [3.05, 3.63) is 54.6 Å². The number of hydrogen-bond donors (Lipinski definition) is 1. The molecular formula is C28H36ClN3O5. The summed E-state index contributed by atoms with van der Waals surface area (Å²) in [6, 6.07) is 5.38. The molecule has 0 radical (unpaired) electrons. The van der Waals surface area contributed by atoms with Gasteiger partial charge in [0, 0.05) is 20.1 Å². The highest BCUT2D eigenvalue weighted by atomic mass is 35.5. The van der Waals surface area contributed by atoms with E-state index in [1.54, 1.807) is 48.4 Å². The van der Waals surface area contributed by atoms with Crippen LogP contribution in [0.15, 0.2) is 49.6 Å². The molecule has 3 aliphatic rings. The minimum atomic E-state index is -1.19. The predicted octanol–water partition coefficient (Wildman–Crippen LogP) is 3.04. The zero-order chi connectivity index (χ0) is 27.1. The lowest BCUT2D eigenvalue weighted by molar-refractivity contribution is -0.151. The summed E-state index contributed by atoms with van der Waals surface area (Å²) in [5, 5.41) is 10.6. The second kappa shape index (κ2) is 10.2. The number of likely N-dealkylation sites (N-methyl/N-ethyl adjacent to an activating group) is 1. The Balaban J connectivity index is 1.86. The number of rotatable bonds is 10. The number of aliphatic hydroxyl groups is 1. The molecule has 0 aromatic heterocycles. The number of nitrogens with zero attached hydrogens (tertiary/aromatic N) is 3. The number of aliphatic hydroxyl groups excluding tert-OH is 1. The lowest BCUT2D eigenvalue weighted by atomic mass is 9.66. The zero-order valence-electron chi connectivity index (χ0n) is 21.7. The van der Waals surface area contributed by atoms with Gasteiger partial charge in [0.15, 0.2) is 0 Å². The molecule has 3 fully saturated rings. The first-order chi connectivity index (χ1) is 17.6.